The number of carbonyl (C=O) groups is 4. The molecule has 1 aromatic heterocycles. The number of thiazole rings is 1. The van der Waals surface area contributed by atoms with Crippen molar-refractivity contribution in [1.82, 2.24) is 4.57 Å². The molecule has 2 aliphatic rings. The van der Waals surface area contributed by atoms with Crippen LogP contribution in [0.25, 0.3) is 0 Å². The summed E-state index contributed by atoms with van der Waals surface area (Å²) in [6.45, 7) is 1.55. The summed E-state index contributed by atoms with van der Waals surface area (Å²) >= 11 is 2.00. The van der Waals surface area contributed by atoms with Gasteiger partial charge in [0, 0.05) is 22.0 Å². The van der Waals surface area contributed by atoms with Crippen molar-refractivity contribution in [1.29, 1.82) is 0 Å². The van der Waals surface area contributed by atoms with E-state index in [4.69, 9.17) is 9.47 Å². The Morgan fingerprint density at radius 3 is 2.36 bits per heavy atom. The van der Waals surface area contributed by atoms with Gasteiger partial charge in [0.2, 0.25) is 17.7 Å². The number of esters is 1. The molecule has 6 rings (SSSR count). The topological polar surface area (TPSA) is 124 Å². The van der Waals surface area contributed by atoms with Crippen LogP contribution in [0.4, 0.5) is 15.8 Å². The van der Waals surface area contributed by atoms with Gasteiger partial charge in [-0.2, -0.15) is 0 Å². The highest BCUT2D eigenvalue weighted by Gasteiger charge is 2.57. The summed E-state index contributed by atoms with van der Waals surface area (Å²) in [5.74, 6) is -3.54. The second kappa shape index (κ2) is 12.3. The minimum Gasteiger partial charge on any atom is -0.496 e. The number of ether oxygens (including phenoxy) is 2. The summed E-state index contributed by atoms with van der Waals surface area (Å²) in [5, 5.41) is 2.16. The van der Waals surface area contributed by atoms with Crippen LogP contribution in [-0.4, -0.2) is 47.2 Å². The maximum Gasteiger partial charge on any atom is 0.338 e. The van der Waals surface area contributed by atoms with Crippen LogP contribution >= 0.6 is 23.1 Å². The van der Waals surface area contributed by atoms with E-state index in [0.717, 1.165) is 28.0 Å². The number of methoxy groups -OCH3 is 1. The first-order chi connectivity index (χ1) is 21.7. The predicted molar refractivity (Wildman–Crippen MR) is 166 cm³/mol. The van der Waals surface area contributed by atoms with Gasteiger partial charge >= 0.3 is 10.8 Å². The summed E-state index contributed by atoms with van der Waals surface area (Å²) in [6, 6.07) is 18.4. The van der Waals surface area contributed by atoms with Crippen LogP contribution < -0.4 is 19.8 Å². The fourth-order valence-electron chi connectivity index (χ4n) is 5.61. The van der Waals surface area contributed by atoms with Crippen molar-refractivity contribution in [2.24, 2.45) is 5.92 Å². The number of hydrogen-bond acceptors (Lipinski definition) is 9. The van der Waals surface area contributed by atoms with E-state index < -0.39 is 51.5 Å². The van der Waals surface area contributed by atoms with Gasteiger partial charge in [0.25, 0.3) is 0 Å². The molecule has 10 nitrogen and oxygen atoms in total. The summed E-state index contributed by atoms with van der Waals surface area (Å²) in [6.07, 6.45) is 0. The summed E-state index contributed by atoms with van der Waals surface area (Å²) < 4.78 is 25.3. The van der Waals surface area contributed by atoms with Crippen molar-refractivity contribution in [2.75, 3.05) is 23.9 Å². The van der Waals surface area contributed by atoms with Gasteiger partial charge in [-0.1, -0.05) is 41.3 Å². The fourth-order valence-corrected chi connectivity index (χ4v) is 8.37. The lowest BCUT2D eigenvalue weighted by Gasteiger charge is -2.31. The lowest BCUT2D eigenvalue weighted by Crippen LogP contribution is -2.33. The number of benzene rings is 3. The third-order valence-corrected chi connectivity index (χ3v) is 10.2. The van der Waals surface area contributed by atoms with Crippen LogP contribution in [-0.2, 0) is 25.7 Å². The number of hydrogen-bond donors (Lipinski definition) is 1. The van der Waals surface area contributed by atoms with Gasteiger partial charge in [-0.25, -0.2) is 14.1 Å². The number of anilines is 2. The van der Waals surface area contributed by atoms with Crippen molar-refractivity contribution >= 4 is 58.2 Å². The van der Waals surface area contributed by atoms with Crippen LogP contribution in [0.5, 0.6) is 5.75 Å². The van der Waals surface area contributed by atoms with Crippen molar-refractivity contribution in [3.05, 3.63) is 104 Å². The van der Waals surface area contributed by atoms with Crippen LogP contribution in [0.15, 0.2) is 82.6 Å². The normalized spacial score (nSPS) is 18.7. The van der Waals surface area contributed by atoms with Crippen molar-refractivity contribution in [3.63, 3.8) is 0 Å². The molecule has 45 heavy (non-hydrogen) atoms. The Kier molecular flexibility index (Phi) is 8.30. The van der Waals surface area contributed by atoms with Crippen LogP contribution in [0, 0.1) is 11.7 Å². The molecule has 0 aliphatic carbocycles. The number of imide groups is 1. The lowest BCUT2D eigenvalue weighted by molar-refractivity contribution is -0.122. The maximum atomic E-state index is 14.1. The van der Waals surface area contributed by atoms with Gasteiger partial charge in [-0.05, 0) is 61.5 Å². The number of fused-ring (bicyclic) bond motifs is 2. The third kappa shape index (κ3) is 5.53. The first-order valence-electron chi connectivity index (χ1n) is 13.9. The van der Waals surface area contributed by atoms with Gasteiger partial charge in [0.05, 0.1) is 35.9 Å². The Bertz CT molecular complexity index is 1870. The van der Waals surface area contributed by atoms with Crippen LogP contribution in [0.2, 0.25) is 0 Å². The molecule has 3 heterocycles. The van der Waals surface area contributed by atoms with E-state index in [1.807, 2.05) is 0 Å². The average molecular weight is 648 g/mol. The monoisotopic (exact) mass is 647 g/mol. The number of amides is 3. The van der Waals surface area contributed by atoms with Gasteiger partial charge in [0.15, 0.2) is 0 Å². The second-order valence-electron chi connectivity index (χ2n) is 10.2. The summed E-state index contributed by atoms with van der Waals surface area (Å²) in [5.41, 5.74) is 1.57. The second-order valence-corrected chi connectivity index (χ2v) is 12.4. The number of aromatic nitrogens is 1. The van der Waals surface area contributed by atoms with Crippen molar-refractivity contribution in [3.8, 4) is 5.75 Å². The molecule has 1 fully saturated rings. The highest BCUT2D eigenvalue weighted by Crippen LogP contribution is 2.55. The Hall–Kier alpha value is -4.75. The molecular weight excluding hydrogens is 621 g/mol. The highest BCUT2D eigenvalue weighted by atomic mass is 32.2. The van der Waals surface area contributed by atoms with Crippen LogP contribution in [0.1, 0.15) is 33.6 Å². The van der Waals surface area contributed by atoms with Crippen LogP contribution in [0.3, 0.4) is 0 Å². The number of halogens is 1. The van der Waals surface area contributed by atoms with Gasteiger partial charge < -0.3 is 14.8 Å². The number of thioether (sulfide) groups is 1. The van der Waals surface area contributed by atoms with Gasteiger partial charge in [0.1, 0.15) is 23.4 Å². The van der Waals surface area contributed by atoms with E-state index in [1.54, 1.807) is 31.2 Å². The number of para-hydroxylation sites is 1. The number of carbonyl (C=O) groups excluding carboxylic acids is 4. The number of rotatable bonds is 8. The smallest absolute Gasteiger partial charge is 0.338 e. The first-order valence-corrected chi connectivity index (χ1v) is 15.6. The molecule has 2 aliphatic heterocycles. The molecule has 13 heteroatoms. The zero-order chi connectivity index (χ0) is 31.8. The van der Waals surface area contributed by atoms with Crippen molar-refractivity contribution < 1.29 is 33.0 Å². The quantitative estimate of drug-likeness (QED) is 0.216. The Labute approximate surface area is 264 Å². The largest absolute Gasteiger partial charge is 0.496 e. The Balaban J connectivity index is 1.39. The highest BCUT2D eigenvalue weighted by molar-refractivity contribution is 8.00. The molecule has 0 saturated carbocycles. The number of nitrogens with zero attached hydrogens (tertiary/aromatic N) is 2. The minimum atomic E-state index is -0.912. The molecule has 0 spiro atoms. The predicted octanol–water partition coefficient (Wildman–Crippen LogP) is 4.67. The van der Waals surface area contributed by atoms with Gasteiger partial charge in [-0.3, -0.25) is 23.7 Å². The third-order valence-electron chi connectivity index (χ3n) is 7.59. The minimum absolute atomic E-state index is 0.206. The van der Waals surface area contributed by atoms with Crippen molar-refractivity contribution in [2.45, 2.75) is 29.7 Å². The molecule has 3 atom stereocenters. The lowest BCUT2D eigenvalue weighted by atomic mass is 9.82. The molecule has 0 radical (unpaired) electrons. The zero-order valence-corrected chi connectivity index (χ0v) is 25.7. The fraction of sp³-hybridized carbons (Fsp3) is 0.219. The average Bonchev–Trinajstić information content (AvgIpc) is 3.48. The Morgan fingerprint density at radius 2 is 1.67 bits per heavy atom. The molecule has 3 aromatic carbocycles. The summed E-state index contributed by atoms with van der Waals surface area (Å²) in [7, 11) is 1.50. The van der Waals surface area contributed by atoms with E-state index >= 15 is 0 Å². The van der Waals surface area contributed by atoms with E-state index in [2.05, 4.69) is 5.32 Å². The van der Waals surface area contributed by atoms with E-state index in [0.29, 0.717) is 32.6 Å². The molecule has 2 unspecified atom stereocenters. The molecular formula is C32H26FN3O7S2. The molecule has 3 amide bonds. The standard InChI is InChI=1S/C32H26FN3O7S2/c1-3-43-31(40)17-8-14-20(15-9-17)36-28(38)25-24(21-6-4-5-7-22(21)42-2)27-30(44-26(25)29(36)39)35(32(41)45-27)16-23(37)34-19-12-10-18(33)11-13-19/h4-15,24-26H,3,16H2,1-2H3,(H,34,37)/t24-,25?,26?/m1/s1. The molecule has 230 valence electrons. The summed E-state index contributed by atoms with van der Waals surface area (Å²) in [4.78, 5) is 67.9. The Morgan fingerprint density at radius 1 is 0.956 bits per heavy atom. The van der Waals surface area contributed by atoms with E-state index in [-0.39, 0.29) is 18.7 Å². The van der Waals surface area contributed by atoms with E-state index in [1.165, 1.54) is 60.2 Å². The molecule has 4 aromatic rings. The maximum absolute atomic E-state index is 14.1. The van der Waals surface area contributed by atoms with Gasteiger partial charge in [-0.15, -0.1) is 0 Å². The molecule has 0 bridgehead atoms. The molecule has 1 saturated heterocycles. The van der Waals surface area contributed by atoms with E-state index in [9.17, 15) is 28.4 Å². The first kappa shape index (κ1) is 30.3. The number of nitrogens with one attached hydrogen (secondary N) is 1. The zero-order valence-electron chi connectivity index (χ0n) is 24.0. The SMILES string of the molecule is CCOC(=O)c1ccc(N2C(=O)C3Sc4c(sc(=O)n4CC(=O)Nc4ccc(F)cc4)[C@H](c4ccccc4OC)C3C2=O)cc1. The molecule has 1 N–H and O–H groups in total.